The monoisotopic (exact) mass is 283 g/mol. The van der Waals surface area contributed by atoms with Crippen molar-refractivity contribution in [2.45, 2.75) is 27.2 Å². The van der Waals surface area contributed by atoms with Gasteiger partial charge in [0.05, 0.1) is 4.92 Å². The highest BCUT2D eigenvalue weighted by molar-refractivity contribution is 5.69. The van der Waals surface area contributed by atoms with Crippen LogP contribution in [0.3, 0.4) is 0 Å². The smallest absolute Gasteiger partial charge is 0.353 e. The fraction of sp³-hybridized carbons (Fsp3) is 0.667. The summed E-state index contributed by atoms with van der Waals surface area (Å²) in [5, 5.41) is 26.2. The first-order chi connectivity index (χ1) is 9.41. The molecule has 0 bridgehead atoms. The lowest BCUT2D eigenvalue weighted by Crippen LogP contribution is -2.27. The molecule has 1 aromatic rings. The minimum Gasteiger partial charge on any atom is -0.396 e. The van der Waals surface area contributed by atoms with Gasteiger partial charge in [0.25, 0.3) is 0 Å². The van der Waals surface area contributed by atoms with Gasteiger partial charge in [0.1, 0.15) is 6.33 Å². The third kappa shape index (κ3) is 4.30. The Morgan fingerprint density at radius 2 is 1.95 bits per heavy atom. The fourth-order valence-corrected chi connectivity index (χ4v) is 1.43. The molecule has 0 saturated carbocycles. The van der Waals surface area contributed by atoms with Gasteiger partial charge in [0, 0.05) is 25.1 Å². The topological polar surface area (TPSA) is 113 Å². The quantitative estimate of drug-likeness (QED) is 0.491. The first kappa shape index (κ1) is 16.1. The van der Waals surface area contributed by atoms with Crippen molar-refractivity contribution in [2.24, 2.45) is 5.41 Å². The van der Waals surface area contributed by atoms with Crippen LogP contribution in [0.4, 0.5) is 17.3 Å². The summed E-state index contributed by atoms with van der Waals surface area (Å²) in [6.45, 7) is 6.60. The predicted octanol–water partition coefficient (Wildman–Crippen LogP) is 1.64. The molecule has 3 N–H and O–H groups in total. The summed E-state index contributed by atoms with van der Waals surface area (Å²) in [5.74, 6) is 0.362. The summed E-state index contributed by atoms with van der Waals surface area (Å²) in [4.78, 5) is 18.5. The zero-order valence-electron chi connectivity index (χ0n) is 12.0. The lowest BCUT2D eigenvalue weighted by molar-refractivity contribution is -0.383. The molecule has 0 amide bonds. The van der Waals surface area contributed by atoms with Crippen LogP contribution in [0.2, 0.25) is 0 Å². The van der Waals surface area contributed by atoms with E-state index in [1.54, 1.807) is 0 Å². The Bertz CT molecular complexity index is 464. The van der Waals surface area contributed by atoms with E-state index < -0.39 is 10.3 Å². The van der Waals surface area contributed by atoms with Gasteiger partial charge in [-0.2, -0.15) is 0 Å². The molecule has 0 aliphatic carbocycles. The number of rotatable bonds is 8. The number of aliphatic hydroxyl groups excluding tert-OH is 1. The van der Waals surface area contributed by atoms with E-state index >= 15 is 0 Å². The van der Waals surface area contributed by atoms with E-state index in [0.29, 0.717) is 13.1 Å². The van der Waals surface area contributed by atoms with Crippen molar-refractivity contribution in [3.63, 3.8) is 0 Å². The van der Waals surface area contributed by atoms with Gasteiger partial charge in [-0.25, -0.2) is 9.97 Å². The summed E-state index contributed by atoms with van der Waals surface area (Å²) < 4.78 is 0. The maximum Gasteiger partial charge on any atom is 0.353 e. The van der Waals surface area contributed by atoms with E-state index in [1.165, 1.54) is 6.33 Å². The molecule has 0 fully saturated rings. The van der Waals surface area contributed by atoms with E-state index in [-0.39, 0.29) is 23.9 Å². The summed E-state index contributed by atoms with van der Waals surface area (Å²) in [6, 6.07) is 0. The van der Waals surface area contributed by atoms with Crippen LogP contribution in [0.1, 0.15) is 27.2 Å². The zero-order chi connectivity index (χ0) is 15.2. The molecule has 1 heterocycles. The minimum absolute atomic E-state index is 0.0280. The standard InChI is InChI=1S/C12H21N5O3/c1-4-5-13-10-9(17(19)20)11(16-8-15-10)14-6-12(2,3)7-18/h8,18H,4-7H2,1-3H3,(H2,13,14,15,16). The molecule has 0 unspecified atom stereocenters. The molecule has 8 nitrogen and oxygen atoms in total. The second-order valence-electron chi connectivity index (χ2n) is 5.28. The number of aromatic nitrogens is 2. The molecule has 20 heavy (non-hydrogen) atoms. The maximum atomic E-state index is 11.2. The van der Waals surface area contributed by atoms with E-state index in [0.717, 1.165) is 6.42 Å². The van der Waals surface area contributed by atoms with E-state index in [1.807, 2.05) is 20.8 Å². The van der Waals surface area contributed by atoms with E-state index in [9.17, 15) is 15.2 Å². The Balaban J connectivity index is 2.97. The molecule has 0 radical (unpaired) electrons. The van der Waals surface area contributed by atoms with Crippen molar-refractivity contribution >= 4 is 17.3 Å². The van der Waals surface area contributed by atoms with Crippen LogP contribution in [0.5, 0.6) is 0 Å². The number of nitrogens with one attached hydrogen (secondary N) is 2. The molecule has 1 rings (SSSR count). The predicted molar refractivity (Wildman–Crippen MR) is 76.8 cm³/mol. The first-order valence-electron chi connectivity index (χ1n) is 6.49. The van der Waals surface area contributed by atoms with E-state index in [4.69, 9.17) is 0 Å². The van der Waals surface area contributed by atoms with Crippen molar-refractivity contribution in [3.05, 3.63) is 16.4 Å². The molecule has 0 spiro atoms. The van der Waals surface area contributed by atoms with Crippen molar-refractivity contribution in [1.29, 1.82) is 0 Å². The molecular formula is C12H21N5O3. The van der Waals surface area contributed by atoms with Crippen LogP contribution < -0.4 is 10.6 Å². The minimum atomic E-state index is -0.508. The van der Waals surface area contributed by atoms with Gasteiger partial charge in [0.15, 0.2) is 0 Å². The Hall–Kier alpha value is -1.96. The zero-order valence-corrected chi connectivity index (χ0v) is 12.0. The van der Waals surface area contributed by atoms with Crippen molar-refractivity contribution < 1.29 is 10.0 Å². The molecule has 0 aliphatic heterocycles. The fourth-order valence-electron chi connectivity index (χ4n) is 1.43. The number of hydrogen-bond donors (Lipinski definition) is 3. The van der Waals surface area contributed by atoms with Crippen molar-refractivity contribution in [2.75, 3.05) is 30.3 Å². The second-order valence-corrected chi connectivity index (χ2v) is 5.28. The molecule has 0 saturated heterocycles. The average Bonchev–Trinajstić information content (AvgIpc) is 2.42. The van der Waals surface area contributed by atoms with Gasteiger partial charge >= 0.3 is 5.69 Å². The Morgan fingerprint density at radius 3 is 2.45 bits per heavy atom. The highest BCUT2D eigenvalue weighted by Gasteiger charge is 2.24. The lowest BCUT2D eigenvalue weighted by atomic mass is 9.95. The highest BCUT2D eigenvalue weighted by Crippen LogP contribution is 2.29. The largest absolute Gasteiger partial charge is 0.396 e. The first-order valence-corrected chi connectivity index (χ1v) is 6.49. The third-order valence-electron chi connectivity index (χ3n) is 2.71. The normalized spacial score (nSPS) is 11.2. The molecule has 0 aliphatic rings. The van der Waals surface area contributed by atoms with Crippen LogP contribution in [0.15, 0.2) is 6.33 Å². The summed E-state index contributed by atoms with van der Waals surface area (Å²) in [6.07, 6.45) is 2.11. The number of aliphatic hydroxyl groups is 1. The Morgan fingerprint density at radius 1 is 1.35 bits per heavy atom. The van der Waals surface area contributed by atoms with Gasteiger partial charge in [0.2, 0.25) is 11.6 Å². The molecular weight excluding hydrogens is 262 g/mol. The molecule has 112 valence electrons. The summed E-state index contributed by atoms with van der Waals surface area (Å²) in [7, 11) is 0. The van der Waals surface area contributed by atoms with E-state index in [2.05, 4.69) is 20.6 Å². The number of anilines is 2. The maximum absolute atomic E-state index is 11.2. The Labute approximate surface area is 117 Å². The van der Waals surface area contributed by atoms with Crippen LogP contribution in [-0.4, -0.2) is 39.7 Å². The Kier molecular flexibility index (Phi) is 5.63. The summed E-state index contributed by atoms with van der Waals surface area (Å²) in [5.41, 5.74) is -0.565. The highest BCUT2D eigenvalue weighted by atomic mass is 16.6. The third-order valence-corrected chi connectivity index (χ3v) is 2.71. The molecule has 0 atom stereocenters. The number of hydrogen-bond acceptors (Lipinski definition) is 7. The SMILES string of the molecule is CCCNc1ncnc(NCC(C)(C)CO)c1[N+](=O)[O-]. The van der Waals surface area contributed by atoms with Crippen molar-refractivity contribution in [1.82, 2.24) is 9.97 Å². The van der Waals surface area contributed by atoms with Crippen LogP contribution in [-0.2, 0) is 0 Å². The lowest BCUT2D eigenvalue weighted by Gasteiger charge is -2.22. The molecule has 0 aromatic carbocycles. The number of nitro groups is 1. The van der Waals surface area contributed by atoms with Gasteiger partial charge in [-0.1, -0.05) is 20.8 Å². The van der Waals surface area contributed by atoms with Gasteiger partial charge in [-0.05, 0) is 6.42 Å². The van der Waals surface area contributed by atoms with Crippen molar-refractivity contribution in [3.8, 4) is 0 Å². The number of nitrogens with zero attached hydrogens (tertiary/aromatic N) is 3. The molecule has 1 aromatic heterocycles. The summed E-state index contributed by atoms with van der Waals surface area (Å²) >= 11 is 0. The van der Waals surface area contributed by atoms with Gasteiger partial charge in [-0.15, -0.1) is 0 Å². The van der Waals surface area contributed by atoms with Gasteiger partial charge in [-0.3, -0.25) is 10.1 Å². The van der Waals surface area contributed by atoms with Crippen LogP contribution >= 0.6 is 0 Å². The van der Waals surface area contributed by atoms with Crippen LogP contribution in [0.25, 0.3) is 0 Å². The van der Waals surface area contributed by atoms with Crippen LogP contribution in [0, 0.1) is 15.5 Å². The second kappa shape index (κ2) is 6.99. The average molecular weight is 283 g/mol. The van der Waals surface area contributed by atoms with Gasteiger partial charge < -0.3 is 15.7 Å². The molecule has 8 heteroatoms.